The normalized spacial score (nSPS) is 10.2. The van der Waals surface area contributed by atoms with Crippen molar-refractivity contribution in [2.75, 3.05) is 0 Å². The van der Waals surface area contributed by atoms with E-state index in [4.69, 9.17) is 4.74 Å². The SMILES string of the molecule is C=CC(=O)Oc1ccc(-c2ccc(-c3ccc(OC=O)cc3)c(F)c2F)cc1. The molecule has 140 valence electrons. The lowest BCUT2D eigenvalue weighted by atomic mass is 9.98. The molecule has 3 aromatic rings. The molecular formula is C22H14F2O4. The molecule has 6 heteroatoms. The Bertz CT molecular complexity index is 1030. The van der Waals surface area contributed by atoms with Gasteiger partial charge in [-0.3, -0.25) is 4.79 Å². The lowest BCUT2D eigenvalue weighted by Gasteiger charge is -2.10. The van der Waals surface area contributed by atoms with Crippen molar-refractivity contribution in [3.8, 4) is 33.8 Å². The molecular weight excluding hydrogens is 366 g/mol. The van der Waals surface area contributed by atoms with Crippen LogP contribution in [0, 0.1) is 11.6 Å². The first kappa shape index (κ1) is 19.0. The van der Waals surface area contributed by atoms with Gasteiger partial charge in [0.1, 0.15) is 11.5 Å². The van der Waals surface area contributed by atoms with Crippen LogP contribution in [0.4, 0.5) is 8.78 Å². The maximum absolute atomic E-state index is 14.7. The summed E-state index contributed by atoms with van der Waals surface area (Å²) >= 11 is 0. The highest BCUT2D eigenvalue weighted by Crippen LogP contribution is 2.32. The highest BCUT2D eigenvalue weighted by molar-refractivity contribution is 5.83. The van der Waals surface area contributed by atoms with Crippen LogP contribution in [0.5, 0.6) is 11.5 Å². The van der Waals surface area contributed by atoms with Crippen molar-refractivity contribution in [1.29, 1.82) is 0 Å². The van der Waals surface area contributed by atoms with Gasteiger partial charge in [-0.15, -0.1) is 0 Å². The second-order valence-electron chi connectivity index (χ2n) is 5.68. The third-order valence-electron chi connectivity index (χ3n) is 3.98. The van der Waals surface area contributed by atoms with Gasteiger partial charge in [0.15, 0.2) is 11.6 Å². The zero-order chi connectivity index (χ0) is 20.1. The van der Waals surface area contributed by atoms with Gasteiger partial charge in [-0.1, -0.05) is 43.0 Å². The van der Waals surface area contributed by atoms with Gasteiger partial charge in [0.2, 0.25) is 0 Å². The van der Waals surface area contributed by atoms with Crippen molar-refractivity contribution in [3.63, 3.8) is 0 Å². The number of carbonyl (C=O) groups is 2. The van der Waals surface area contributed by atoms with Crippen LogP contribution in [0.1, 0.15) is 0 Å². The van der Waals surface area contributed by atoms with E-state index in [0.29, 0.717) is 16.9 Å². The van der Waals surface area contributed by atoms with Crippen LogP contribution >= 0.6 is 0 Å². The minimum atomic E-state index is -0.999. The second kappa shape index (κ2) is 8.26. The molecule has 0 unspecified atom stereocenters. The van der Waals surface area contributed by atoms with Gasteiger partial charge in [0.05, 0.1) is 0 Å². The molecule has 0 saturated carbocycles. The Hall–Kier alpha value is -3.80. The number of esters is 1. The van der Waals surface area contributed by atoms with Gasteiger partial charge in [0.25, 0.3) is 6.47 Å². The maximum Gasteiger partial charge on any atom is 0.335 e. The molecule has 0 atom stereocenters. The third kappa shape index (κ3) is 3.96. The molecule has 0 amide bonds. The fraction of sp³-hybridized carbons (Fsp3) is 0. The summed E-state index contributed by atoms with van der Waals surface area (Å²) in [6.45, 7) is 3.59. The Labute approximate surface area is 159 Å². The third-order valence-corrected chi connectivity index (χ3v) is 3.98. The van der Waals surface area contributed by atoms with Crippen LogP contribution in [-0.4, -0.2) is 12.4 Å². The number of rotatable bonds is 6. The summed E-state index contributed by atoms with van der Waals surface area (Å²) in [4.78, 5) is 21.5. The monoisotopic (exact) mass is 380 g/mol. The first-order valence-corrected chi connectivity index (χ1v) is 8.17. The minimum Gasteiger partial charge on any atom is -0.429 e. The van der Waals surface area contributed by atoms with E-state index in [1.807, 2.05) is 0 Å². The summed E-state index contributed by atoms with van der Waals surface area (Å²) < 4.78 is 38.9. The highest BCUT2D eigenvalue weighted by atomic mass is 19.2. The molecule has 0 fully saturated rings. The minimum absolute atomic E-state index is 0.0729. The van der Waals surface area contributed by atoms with Crippen molar-refractivity contribution in [3.05, 3.63) is 85.0 Å². The highest BCUT2D eigenvalue weighted by Gasteiger charge is 2.16. The first-order chi connectivity index (χ1) is 13.5. The van der Waals surface area contributed by atoms with Crippen LogP contribution in [0.2, 0.25) is 0 Å². The predicted octanol–water partition coefficient (Wildman–Crippen LogP) is 4.93. The lowest BCUT2D eigenvalue weighted by molar-refractivity contribution is -0.129. The van der Waals surface area contributed by atoms with E-state index >= 15 is 0 Å². The Kier molecular flexibility index (Phi) is 5.60. The molecule has 3 aromatic carbocycles. The van der Waals surface area contributed by atoms with E-state index < -0.39 is 17.6 Å². The Morgan fingerprint density at radius 2 is 1.25 bits per heavy atom. The summed E-state index contributed by atoms with van der Waals surface area (Å²) in [6, 6.07) is 15.0. The second-order valence-corrected chi connectivity index (χ2v) is 5.68. The van der Waals surface area contributed by atoms with E-state index in [1.165, 1.54) is 60.7 Å². The van der Waals surface area contributed by atoms with E-state index in [0.717, 1.165) is 6.08 Å². The fourth-order valence-corrected chi connectivity index (χ4v) is 2.62. The van der Waals surface area contributed by atoms with Crippen molar-refractivity contribution in [2.45, 2.75) is 0 Å². The molecule has 0 aromatic heterocycles. The Balaban J connectivity index is 1.90. The van der Waals surface area contributed by atoms with Crippen LogP contribution in [0.25, 0.3) is 22.3 Å². The summed E-state index contributed by atoms with van der Waals surface area (Å²) in [6.07, 6.45) is 1.03. The Morgan fingerprint density at radius 1 is 0.786 bits per heavy atom. The number of ether oxygens (including phenoxy) is 2. The number of benzene rings is 3. The molecule has 0 saturated heterocycles. The zero-order valence-corrected chi connectivity index (χ0v) is 14.5. The van der Waals surface area contributed by atoms with Crippen LogP contribution in [0.3, 0.4) is 0 Å². The fourth-order valence-electron chi connectivity index (χ4n) is 2.62. The number of hydrogen-bond acceptors (Lipinski definition) is 4. The zero-order valence-electron chi connectivity index (χ0n) is 14.5. The van der Waals surface area contributed by atoms with Crippen molar-refractivity contribution >= 4 is 12.4 Å². The lowest BCUT2D eigenvalue weighted by Crippen LogP contribution is -2.02. The summed E-state index contributed by atoms with van der Waals surface area (Å²) in [7, 11) is 0. The van der Waals surface area contributed by atoms with Crippen LogP contribution < -0.4 is 9.47 Å². The molecule has 0 aliphatic heterocycles. The summed E-state index contributed by atoms with van der Waals surface area (Å²) in [5.74, 6) is -2.04. The van der Waals surface area contributed by atoms with E-state index in [2.05, 4.69) is 11.3 Å². The van der Waals surface area contributed by atoms with E-state index in [1.54, 1.807) is 0 Å². The topological polar surface area (TPSA) is 52.6 Å². The first-order valence-electron chi connectivity index (χ1n) is 8.17. The van der Waals surface area contributed by atoms with E-state index in [9.17, 15) is 18.4 Å². The molecule has 0 spiro atoms. The molecule has 0 heterocycles. The molecule has 0 radical (unpaired) electrons. The average molecular weight is 380 g/mol. The van der Waals surface area contributed by atoms with Gasteiger partial charge in [-0.2, -0.15) is 0 Å². The molecule has 4 nitrogen and oxygen atoms in total. The quantitative estimate of drug-likeness (QED) is 0.263. The maximum atomic E-state index is 14.7. The van der Waals surface area contributed by atoms with Gasteiger partial charge >= 0.3 is 5.97 Å². The molecule has 28 heavy (non-hydrogen) atoms. The van der Waals surface area contributed by atoms with Crippen molar-refractivity contribution in [1.82, 2.24) is 0 Å². The van der Waals surface area contributed by atoms with Gasteiger partial charge in [-0.05, 0) is 35.4 Å². The molecule has 0 aliphatic carbocycles. The smallest absolute Gasteiger partial charge is 0.335 e. The molecule has 0 N–H and O–H groups in total. The average Bonchev–Trinajstić information content (AvgIpc) is 2.72. The Morgan fingerprint density at radius 3 is 1.68 bits per heavy atom. The number of halogens is 2. The molecule has 0 aliphatic rings. The summed E-state index contributed by atoms with van der Waals surface area (Å²) in [5.41, 5.74) is 1.02. The standard InChI is InChI=1S/C22H14F2O4/c1-2-20(26)28-17-9-5-15(6-10-17)19-12-11-18(21(23)22(19)24)14-3-7-16(8-4-14)27-13-25/h2-13H,1H2. The largest absolute Gasteiger partial charge is 0.429 e. The number of carbonyl (C=O) groups excluding carboxylic acids is 2. The molecule has 3 rings (SSSR count). The van der Waals surface area contributed by atoms with Crippen molar-refractivity contribution < 1.29 is 27.8 Å². The van der Waals surface area contributed by atoms with Gasteiger partial charge in [0, 0.05) is 17.2 Å². The van der Waals surface area contributed by atoms with Crippen molar-refractivity contribution in [2.24, 2.45) is 0 Å². The van der Waals surface area contributed by atoms with Crippen LogP contribution in [-0.2, 0) is 9.59 Å². The van der Waals surface area contributed by atoms with Gasteiger partial charge in [-0.25, -0.2) is 13.6 Å². The summed E-state index contributed by atoms with van der Waals surface area (Å²) in [5, 5.41) is 0. The predicted molar refractivity (Wildman–Crippen MR) is 99.8 cm³/mol. The van der Waals surface area contributed by atoms with Crippen LogP contribution in [0.15, 0.2) is 73.3 Å². The molecule has 0 bridgehead atoms. The van der Waals surface area contributed by atoms with Gasteiger partial charge < -0.3 is 9.47 Å². The number of hydrogen-bond donors (Lipinski definition) is 0. The van der Waals surface area contributed by atoms with E-state index in [-0.39, 0.29) is 23.3 Å².